The molecule has 0 saturated carbocycles. The predicted octanol–water partition coefficient (Wildman–Crippen LogP) is 3.36. The van der Waals surface area contributed by atoms with Crippen LogP contribution in [0.4, 0.5) is 18.9 Å². The number of carbonyl (C=O) groups is 1. The van der Waals surface area contributed by atoms with Gasteiger partial charge in [0.1, 0.15) is 28.8 Å². The summed E-state index contributed by atoms with van der Waals surface area (Å²) < 4.78 is 41.1. The molecule has 0 aliphatic carbocycles. The monoisotopic (exact) mass is 416 g/mol. The Morgan fingerprint density at radius 1 is 1.03 bits per heavy atom. The van der Waals surface area contributed by atoms with Crippen molar-refractivity contribution in [2.45, 2.75) is 5.03 Å². The maximum Gasteiger partial charge on any atom is 0.234 e. The van der Waals surface area contributed by atoms with E-state index in [1.165, 1.54) is 35.3 Å². The van der Waals surface area contributed by atoms with Crippen LogP contribution in [0.2, 0.25) is 0 Å². The fraction of sp³-hybridized carbons (Fsp3) is 0.0556. The second-order valence-electron chi connectivity index (χ2n) is 5.79. The highest BCUT2D eigenvalue weighted by Gasteiger charge is 2.15. The molecule has 11 heteroatoms. The third kappa shape index (κ3) is 4.04. The maximum atomic E-state index is 13.6. The fourth-order valence-electron chi connectivity index (χ4n) is 2.50. The number of aromatic nitrogens is 5. The lowest BCUT2D eigenvalue weighted by atomic mass is 10.3. The summed E-state index contributed by atoms with van der Waals surface area (Å²) in [5.41, 5.74) is 1.20. The van der Waals surface area contributed by atoms with Gasteiger partial charge in [-0.05, 0) is 36.4 Å². The Labute approximate surface area is 166 Å². The summed E-state index contributed by atoms with van der Waals surface area (Å²) in [5.74, 6) is -2.57. The van der Waals surface area contributed by atoms with Gasteiger partial charge < -0.3 is 5.32 Å². The van der Waals surface area contributed by atoms with Gasteiger partial charge in [-0.25, -0.2) is 23.1 Å². The molecule has 2 heterocycles. The summed E-state index contributed by atoms with van der Waals surface area (Å²) in [6.07, 6.45) is 1.30. The molecule has 29 heavy (non-hydrogen) atoms. The van der Waals surface area contributed by atoms with E-state index in [9.17, 15) is 18.0 Å². The van der Waals surface area contributed by atoms with E-state index in [1.807, 2.05) is 0 Å². The molecule has 7 nitrogen and oxygen atoms in total. The molecular formula is C18H11F3N6OS. The Balaban J connectivity index is 1.51. The van der Waals surface area contributed by atoms with Crippen LogP contribution in [-0.4, -0.2) is 36.6 Å². The number of carbonyl (C=O) groups excluding carboxylic acids is 1. The average Bonchev–Trinajstić information content (AvgIpc) is 3.14. The van der Waals surface area contributed by atoms with Crippen LogP contribution < -0.4 is 5.32 Å². The van der Waals surface area contributed by atoms with Crippen molar-refractivity contribution in [2.24, 2.45) is 0 Å². The van der Waals surface area contributed by atoms with Crippen LogP contribution in [0.3, 0.4) is 0 Å². The quantitative estimate of drug-likeness (QED) is 0.397. The lowest BCUT2D eigenvalue weighted by molar-refractivity contribution is -0.113. The van der Waals surface area contributed by atoms with Gasteiger partial charge in [0.15, 0.2) is 11.2 Å². The van der Waals surface area contributed by atoms with Crippen molar-refractivity contribution in [3.63, 3.8) is 0 Å². The molecule has 0 unspecified atom stereocenters. The van der Waals surface area contributed by atoms with Crippen LogP contribution >= 0.6 is 11.8 Å². The Morgan fingerprint density at radius 2 is 1.79 bits per heavy atom. The molecule has 0 aliphatic rings. The van der Waals surface area contributed by atoms with E-state index in [0.717, 1.165) is 23.9 Å². The first kappa shape index (κ1) is 18.9. The molecule has 0 saturated heterocycles. The first-order chi connectivity index (χ1) is 14.0. The number of nitrogens with zero attached hydrogens (tertiary/aromatic N) is 5. The first-order valence-electron chi connectivity index (χ1n) is 8.21. The molecule has 2 aromatic heterocycles. The lowest BCUT2D eigenvalue weighted by Crippen LogP contribution is -2.15. The highest BCUT2D eigenvalue weighted by Crippen LogP contribution is 2.24. The first-order valence-corrected chi connectivity index (χ1v) is 9.20. The Morgan fingerprint density at radius 3 is 2.55 bits per heavy atom. The summed E-state index contributed by atoms with van der Waals surface area (Å²) in [6, 6.07) is 8.52. The molecule has 0 atom stereocenters. The minimum atomic E-state index is -0.866. The number of anilines is 1. The third-order valence-corrected chi connectivity index (χ3v) is 4.80. The molecule has 1 amide bonds. The molecule has 4 rings (SSSR count). The second-order valence-corrected chi connectivity index (χ2v) is 6.75. The average molecular weight is 416 g/mol. The van der Waals surface area contributed by atoms with Gasteiger partial charge >= 0.3 is 0 Å². The predicted molar refractivity (Wildman–Crippen MR) is 100 cm³/mol. The summed E-state index contributed by atoms with van der Waals surface area (Å²) >= 11 is 1.06. The van der Waals surface area contributed by atoms with Crippen molar-refractivity contribution in [1.82, 2.24) is 25.0 Å². The number of rotatable bonds is 5. The van der Waals surface area contributed by atoms with E-state index < -0.39 is 17.5 Å². The Hall–Kier alpha value is -3.47. The number of amides is 1. The van der Waals surface area contributed by atoms with E-state index in [1.54, 1.807) is 0 Å². The minimum absolute atomic E-state index is 0.0909. The Bertz CT molecular complexity index is 1200. The van der Waals surface area contributed by atoms with Crippen molar-refractivity contribution >= 4 is 34.5 Å². The van der Waals surface area contributed by atoms with Crippen LogP contribution in [0.25, 0.3) is 16.9 Å². The van der Waals surface area contributed by atoms with Gasteiger partial charge in [-0.3, -0.25) is 4.79 Å². The minimum Gasteiger partial charge on any atom is -0.323 e. The number of hydrogen-bond acceptors (Lipinski definition) is 6. The molecule has 0 fully saturated rings. The van der Waals surface area contributed by atoms with Crippen LogP contribution in [0.15, 0.2) is 53.8 Å². The van der Waals surface area contributed by atoms with E-state index in [0.29, 0.717) is 27.9 Å². The molecule has 0 spiro atoms. The largest absolute Gasteiger partial charge is 0.323 e. The van der Waals surface area contributed by atoms with E-state index in [4.69, 9.17) is 0 Å². The highest BCUT2D eigenvalue weighted by molar-refractivity contribution is 8.00. The van der Waals surface area contributed by atoms with E-state index >= 15 is 0 Å². The smallest absolute Gasteiger partial charge is 0.234 e. The summed E-state index contributed by atoms with van der Waals surface area (Å²) in [7, 11) is 0. The number of benzene rings is 2. The van der Waals surface area contributed by atoms with Crippen LogP contribution in [0.5, 0.6) is 0 Å². The summed E-state index contributed by atoms with van der Waals surface area (Å²) in [6.45, 7) is 0. The van der Waals surface area contributed by atoms with Gasteiger partial charge in [0.2, 0.25) is 5.91 Å². The van der Waals surface area contributed by atoms with Crippen molar-refractivity contribution in [3.05, 3.63) is 66.2 Å². The van der Waals surface area contributed by atoms with Gasteiger partial charge in [-0.15, -0.1) is 5.10 Å². The Kier molecular flexibility index (Phi) is 5.12. The zero-order valence-electron chi connectivity index (χ0n) is 14.5. The van der Waals surface area contributed by atoms with Crippen molar-refractivity contribution in [1.29, 1.82) is 0 Å². The zero-order chi connectivity index (χ0) is 20.4. The van der Waals surface area contributed by atoms with E-state index in [-0.39, 0.29) is 17.3 Å². The summed E-state index contributed by atoms with van der Waals surface area (Å²) in [4.78, 5) is 20.4. The molecule has 2 aromatic carbocycles. The van der Waals surface area contributed by atoms with Gasteiger partial charge in [0.05, 0.1) is 17.1 Å². The highest BCUT2D eigenvalue weighted by atomic mass is 32.2. The van der Waals surface area contributed by atoms with Gasteiger partial charge in [0.25, 0.3) is 0 Å². The molecule has 1 N–H and O–H groups in total. The van der Waals surface area contributed by atoms with Crippen LogP contribution in [0.1, 0.15) is 0 Å². The third-order valence-electron chi connectivity index (χ3n) is 3.82. The molecule has 146 valence electrons. The standard InChI is InChI=1S/C18H11F3N6OS/c19-10-1-4-12(5-2-10)27-17-16(25-26-27)18(23-9-22-17)29-8-15(28)24-14-6-3-11(20)7-13(14)21/h1-7,9H,8H2,(H,24,28). The number of thioether (sulfide) groups is 1. The number of hydrogen-bond donors (Lipinski definition) is 1. The van der Waals surface area contributed by atoms with Crippen molar-refractivity contribution < 1.29 is 18.0 Å². The molecule has 0 aliphatic heterocycles. The van der Waals surface area contributed by atoms with Gasteiger partial charge in [-0.2, -0.15) is 4.68 Å². The molecular weight excluding hydrogens is 405 g/mol. The van der Waals surface area contributed by atoms with Crippen molar-refractivity contribution in [3.8, 4) is 5.69 Å². The summed E-state index contributed by atoms with van der Waals surface area (Å²) in [5, 5.41) is 10.8. The van der Waals surface area contributed by atoms with E-state index in [2.05, 4.69) is 25.6 Å². The van der Waals surface area contributed by atoms with Gasteiger partial charge in [0, 0.05) is 6.07 Å². The lowest BCUT2D eigenvalue weighted by Gasteiger charge is -2.06. The van der Waals surface area contributed by atoms with Crippen LogP contribution in [-0.2, 0) is 4.79 Å². The van der Waals surface area contributed by atoms with Gasteiger partial charge in [-0.1, -0.05) is 17.0 Å². The fourth-order valence-corrected chi connectivity index (χ4v) is 3.23. The topological polar surface area (TPSA) is 85.6 Å². The second kappa shape index (κ2) is 7.87. The molecule has 4 aromatic rings. The van der Waals surface area contributed by atoms with Crippen molar-refractivity contribution in [2.75, 3.05) is 11.1 Å². The number of fused-ring (bicyclic) bond motifs is 1. The number of nitrogens with one attached hydrogen (secondary N) is 1. The van der Waals surface area contributed by atoms with Crippen LogP contribution in [0, 0.1) is 17.5 Å². The molecule has 0 radical (unpaired) electrons. The number of halogens is 3. The molecule has 0 bridgehead atoms. The normalized spacial score (nSPS) is 11.0. The zero-order valence-corrected chi connectivity index (χ0v) is 15.3. The maximum absolute atomic E-state index is 13.6. The SMILES string of the molecule is O=C(CSc1ncnc2c1nnn2-c1ccc(F)cc1)Nc1ccc(F)cc1F.